The number of hydrogen-bond acceptors (Lipinski definition) is 4. The van der Waals surface area contributed by atoms with E-state index in [4.69, 9.17) is 11.5 Å². The van der Waals surface area contributed by atoms with Crippen LogP contribution in [0, 0.1) is 0 Å². The van der Waals surface area contributed by atoms with Crippen molar-refractivity contribution in [2.24, 2.45) is 11.5 Å². The molecule has 0 heterocycles. The largest absolute Gasteiger partial charge is 0.388 e. The average molecular weight is 330 g/mol. The maximum atomic E-state index is 9.61. The molecule has 0 spiro atoms. The smallest absolute Gasteiger partial charge is 0.0783 e. The highest BCUT2D eigenvalue weighted by Crippen LogP contribution is 2.22. The Kier molecular flexibility index (Phi) is 7.11. The monoisotopic (exact) mass is 330 g/mol. The lowest BCUT2D eigenvalue weighted by Gasteiger charge is -2.25. The van der Waals surface area contributed by atoms with Gasteiger partial charge in [0.1, 0.15) is 0 Å². The van der Waals surface area contributed by atoms with Gasteiger partial charge in [0, 0.05) is 0 Å². The molecule has 4 heteroatoms. The molecule has 0 aliphatic heterocycles. The fourth-order valence-corrected chi connectivity index (χ4v) is 2.14. The first kappa shape index (κ1) is 20.3. The Labute approximate surface area is 145 Å². The van der Waals surface area contributed by atoms with Crippen LogP contribution < -0.4 is 11.5 Å². The summed E-state index contributed by atoms with van der Waals surface area (Å²) in [6.07, 6.45) is 0. The van der Waals surface area contributed by atoms with Crippen LogP contribution in [0.15, 0.2) is 60.7 Å². The highest BCUT2D eigenvalue weighted by Gasteiger charge is 2.24. The van der Waals surface area contributed by atoms with Crippen LogP contribution in [0.3, 0.4) is 0 Å². The molecule has 0 bridgehead atoms. The van der Waals surface area contributed by atoms with Crippen molar-refractivity contribution in [2.75, 3.05) is 0 Å². The SMILES string of the molecule is CC(C)(O)[C@@H](N)c1ccccc1.CC(C)(O)[C@@H](N)c1ccccc1. The second-order valence-electron chi connectivity index (χ2n) is 7.08. The van der Waals surface area contributed by atoms with E-state index in [1.807, 2.05) is 60.7 Å². The van der Waals surface area contributed by atoms with Gasteiger partial charge in [-0.15, -0.1) is 0 Å². The van der Waals surface area contributed by atoms with E-state index in [1.165, 1.54) is 0 Å². The summed E-state index contributed by atoms with van der Waals surface area (Å²) in [7, 11) is 0. The lowest BCUT2D eigenvalue weighted by Crippen LogP contribution is -2.34. The summed E-state index contributed by atoms with van der Waals surface area (Å²) >= 11 is 0. The molecule has 2 atom stereocenters. The topological polar surface area (TPSA) is 92.5 Å². The Bertz CT molecular complexity index is 531. The van der Waals surface area contributed by atoms with Crippen LogP contribution in [0.1, 0.15) is 50.9 Å². The van der Waals surface area contributed by atoms with Crippen molar-refractivity contribution >= 4 is 0 Å². The Balaban J connectivity index is 0.000000240. The number of rotatable bonds is 4. The minimum atomic E-state index is -0.860. The summed E-state index contributed by atoms with van der Waals surface area (Å²) in [5.41, 5.74) is 11.9. The zero-order valence-corrected chi connectivity index (χ0v) is 15.0. The van der Waals surface area contributed by atoms with Gasteiger partial charge in [0.25, 0.3) is 0 Å². The highest BCUT2D eigenvalue weighted by molar-refractivity contribution is 5.21. The molecule has 4 nitrogen and oxygen atoms in total. The molecular formula is C20H30N2O2. The molecule has 24 heavy (non-hydrogen) atoms. The molecule has 0 saturated heterocycles. The van der Waals surface area contributed by atoms with E-state index >= 15 is 0 Å². The fourth-order valence-electron chi connectivity index (χ4n) is 2.14. The van der Waals surface area contributed by atoms with Crippen LogP contribution in [-0.4, -0.2) is 21.4 Å². The van der Waals surface area contributed by atoms with Gasteiger partial charge in [-0.25, -0.2) is 0 Å². The van der Waals surface area contributed by atoms with E-state index in [0.29, 0.717) is 0 Å². The van der Waals surface area contributed by atoms with E-state index in [2.05, 4.69) is 0 Å². The van der Waals surface area contributed by atoms with Gasteiger partial charge in [0.2, 0.25) is 0 Å². The van der Waals surface area contributed by atoms with Gasteiger partial charge < -0.3 is 21.7 Å². The van der Waals surface area contributed by atoms with Crippen LogP contribution in [0.2, 0.25) is 0 Å². The lowest BCUT2D eigenvalue weighted by molar-refractivity contribution is 0.0512. The molecule has 0 amide bonds. The van der Waals surface area contributed by atoms with E-state index in [0.717, 1.165) is 11.1 Å². The van der Waals surface area contributed by atoms with Crippen molar-refractivity contribution in [2.45, 2.75) is 51.0 Å². The van der Waals surface area contributed by atoms with E-state index in [-0.39, 0.29) is 12.1 Å². The lowest BCUT2D eigenvalue weighted by atomic mass is 9.93. The Morgan fingerprint density at radius 2 is 0.875 bits per heavy atom. The summed E-state index contributed by atoms with van der Waals surface area (Å²) in [6.45, 7) is 6.85. The molecule has 0 aliphatic carbocycles. The van der Waals surface area contributed by atoms with Gasteiger partial charge in [-0.3, -0.25) is 0 Å². The molecule has 0 aliphatic rings. The summed E-state index contributed by atoms with van der Waals surface area (Å²) in [5.74, 6) is 0. The molecule has 0 radical (unpaired) electrons. The fraction of sp³-hybridized carbons (Fsp3) is 0.400. The first-order valence-electron chi connectivity index (χ1n) is 8.09. The van der Waals surface area contributed by atoms with Gasteiger partial charge in [-0.2, -0.15) is 0 Å². The van der Waals surface area contributed by atoms with E-state index in [1.54, 1.807) is 27.7 Å². The molecule has 132 valence electrons. The molecule has 2 rings (SSSR count). The Morgan fingerprint density at radius 1 is 0.625 bits per heavy atom. The minimum absolute atomic E-state index is 0.321. The minimum Gasteiger partial charge on any atom is -0.388 e. The zero-order chi connectivity index (χ0) is 18.4. The van der Waals surface area contributed by atoms with Crippen molar-refractivity contribution < 1.29 is 10.2 Å². The van der Waals surface area contributed by atoms with Crippen LogP contribution in [-0.2, 0) is 0 Å². The molecule has 0 fully saturated rings. The number of benzene rings is 2. The average Bonchev–Trinajstić information content (AvgIpc) is 2.54. The normalized spacial score (nSPS) is 14.3. The summed E-state index contributed by atoms with van der Waals surface area (Å²) < 4.78 is 0. The standard InChI is InChI=1S/2C10H15NO/c2*1-10(2,12)9(11)8-6-4-3-5-7-8/h2*3-7,9,12H,11H2,1-2H3/t2*9-/m00/s1. The molecule has 6 N–H and O–H groups in total. The highest BCUT2D eigenvalue weighted by atomic mass is 16.3. The van der Waals surface area contributed by atoms with Crippen molar-refractivity contribution in [3.63, 3.8) is 0 Å². The number of nitrogens with two attached hydrogens (primary N) is 2. The van der Waals surface area contributed by atoms with E-state index in [9.17, 15) is 10.2 Å². The Hall–Kier alpha value is -1.72. The van der Waals surface area contributed by atoms with Gasteiger partial charge in [0.15, 0.2) is 0 Å². The third-order valence-corrected chi connectivity index (χ3v) is 3.84. The second-order valence-corrected chi connectivity index (χ2v) is 7.08. The summed E-state index contributed by atoms with van der Waals surface area (Å²) in [6, 6.07) is 18.6. The van der Waals surface area contributed by atoms with Crippen LogP contribution >= 0.6 is 0 Å². The van der Waals surface area contributed by atoms with E-state index < -0.39 is 11.2 Å². The third kappa shape index (κ3) is 6.42. The molecule has 0 saturated carbocycles. The zero-order valence-electron chi connectivity index (χ0n) is 15.0. The summed E-state index contributed by atoms with van der Waals surface area (Å²) in [5, 5.41) is 19.2. The van der Waals surface area contributed by atoms with Gasteiger partial charge in [0.05, 0.1) is 23.3 Å². The number of aliphatic hydroxyl groups is 2. The Morgan fingerprint density at radius 3 is 1.08 bits per heavy atom. The summed E-state index contributed by atoms with van der Waals surface area (Å²) in [4.78, 5) is 0. The first-order chi connectivity index (χ1) is 11.0. The molecule has 0 aromatic heterocycles. The van der Waals surface area contributed by atoms with Crippen molar-refractivity contribution in [1.82, 2.24) is 0 Å². The van der Waals surface area contributed by atoms with Crippen molar-refractivity contribution in [1.29, 1.82) is 0 Å². The molecule has 2 aromatic rings. The van der Waals surface area contributed by atoms with Crippen molar-refractivity contribution in [3.8, 4) is 0 Å². The maximum absolute atomic E-state index is 9.61. The molecule has 2 aromatic carbocycles. The quantitative estimate of drug-likeness (QED) is 0.693. The third-order valence-electron chi connectivity index (χ3n) is 3.84. The maximum Gasteiger partial charge on any atom is 0.0783 e. The second kappa shape index (κ2) is 8.40. The van der Waals surface area contributed by atoms with Gasteiger partial charge in [-0.05, 0) is 38.8 Å². The molecular weight excluding hydrogens is 300 g/mol. The van der Waals surface area contributed by atoms with Crippen LogP contribution in [0.4, 0.5) is 0 Å². The van der Waals surface area contributed by atoms with Crippen LogP contribution in [0.5, 0.6) is 0 Å². The van der Waals surface area contributed by atoms with Gasteiger partial charge in [-0.1, -0.05) is 60.7 Å². The number of hydrogen-bond donors (Lipinski definition) is 4. The van der Waals surface area contributed by atoms with Crippen LogP contribution in [0.25, 0.3) is 0 Å². The van der Waals surface area contributed by atoms with Gasteiger partial charge >= 0.3 is 0 Å². The predicted molar refractivity (Wildman–Crippen MR) is 99.3 cm³/mol. The predicted octanol–water partition coefficient (Wildman–Crippen LogP) is 2.91. The van der Waals surface area contributed by atoms with Crippen molar-refractivity contribution in [3.05, 3.63) is 71.8 Å². The first-order valence-corrected chi connectivity index (χ1v) is 8.09. The molecule has 0 unspecified atom stereocenters.